The van der Waals surface area contributed by atoms with Crippen molar-refractivity contribution in [3.8, 4) is 11.5 Å². The number of amides is 2. The van der Waals surface area contributed by atoms with Gasteiger partial charge in [0.1, 0.15) is 11.9 Å². The molecule has 0 aliphatic rings. The van der Waals surface area contributed by atoms with E-state index < -0.39 is 17.9 Å². The number of nitrogens with zero attached hydrogens (tertiary/aromatic N) is 2. The van der Waals surface area contributed by atoms with Gasteiger partial charge in [-0.25, -0.2) is 9.18 Å². The topological polar surface area (TPSA) is 80.0 Å². The number of benzene rings is 3. The zero-order valence-electron chi connectivity index (χ0n) is 16.5. The molecule has 4 aromatic rings. The normalized spacial score (nSPS) is 11.7. The number of aryl methyl sites for hydroxylation is 1. The second kappa shape index (κ2) is 8.97. The SMILES string of the molecule is Cc1ccc(NC(=O)N[C@@H](c2ccc(Cl)cc2)c2nnc(-c3ccccc3)o2)cc1F. The van der Waals surface area contributed by atoms with Crippen LogP contribution in [-0.2, 0) is 0 Å². The maximum Gasteiger partial charge on any atom is 0.320 e. The lowest BCUT2D eigenvalue weighted by atomic mass is 10.1. The Bertz CT molecular complexity index is 1200. The van der Waals surface area contributed by atoms with Crippen LogP contribution in [0.5, 0.6) is 0 Å². The largest absolute Gasteiger partial charge is 0.418 e. The maximum absolute atomic E-state index is 13.8. The first-order valence-corrected chi connectivity index (χ1v) is 9.85. The number of hydrogen-bond donors (Lipinski definition) is 2. The Morgan fingerprint density at radius 3 is 2.48 bits per heavy atom. The highest BCUT2D eigenvalue weighted by molar-refractivity contribution is 6.30. The number of aromatic nitrogens is 2. The molecule has 0 aliphatic carbocycles. The molecule has 3 aromatic carbocycles. The van der Waals surface area contributed by atoms with Crippen molar-refractivity contribution in [1.82, 2.24) is 15.5 Å². The molecular formula is C23H18ClFN4O2. The Hall–Kier alpha value is -3.71. The summed E-state index contributed by atoms with van der Waals surface area (Å²) >= 11 is 6.00. The van der Waals surface area contributed by atoms with E-state index in [1.165, 1.54) is 6.07 Å². The first-order valence-electron chi connectivity index (χ1n) is 9.47. The fourth-order valence-electron chi connectivity index (χ4n) is 2.96. The van der Waals surface area contributed by atoms with Crippen LogP contribution in [0.1, 0.15) is 23.1 Å². The van der Waals surface area contributed by atoms with Crippen molar-refractivity contribution in [3.05, 3.63) is 101 Å². The fraction of sp³-hybridized carbons (Fsp3) is 0.0870. The third kappa shape index (κ3) is 4.90. The molecule has 0 unspecified atom stereocenters. The van der Waals surface area contributed by atoms with E-state index >= 15 is 0 Å². The van der Waals surface area contributed by atoms with E-state index in [1.807, 2.05) is 30.3 Å². The van der Waals surface area contributed by atoms with Crippen molar-refractivity contribution in [2.45, 2.75) is 13.0 Å². The van der Waals surface area contributed by atoms with Gasteiger partial charge >= 0.3 is 6.03 Å². The van der Waals surface area contributed by atoms with Crippen molar-refractivity contribution < 1.29 is 13.6 Å². The molecule has 2 amide bonds. The molecule has 31 heavy (non-hydrogen) atoms. The van der Waals surface area contributed by atoms with Crippen LogP contribution in [-0.4, -0.2) is 16.2 Å². The molecule has 6 nitrogen and oxygen atoms in total. The predicted molar refractivity (Wildman–Crippen MR) is 116 cm³/mol. The Labute approximate surface area is 183 Å². The van der Waals surface area contributed by atoms with Crippen LogP contribution >= 0.6 is 11.6 Å². The zero-order chi connectivity index (χ0) is 21.8. The van der Waals surface area contributed by atoms with Crippen LogP contribution < -0.4 is 10.6 Å². The number of carbonyl (C=O) groups excluding carboxylic acids is 1. The van der Waals surface area contributed by atoms with Gasteiger partial charge in [0.25, 0.3) is 0 Å². The lowest BCUT2D eigenvalue weighted by Gasteiger charge is -2.16. The Morgan fingerprint density at radius 2 is 1.77 bits per heavy atom. The second-order valence-electron chi connectivity index (χ2n) is 6.86. The van der Waals surface area contributed by atoms with Crippen LogP contribution in [0.25, 0.3) is 11.5 Å². The van der Waals surface area contributed by atoms with Crippen LogP contribution in [0, 0.1) is 12.7 Å². The van der Waals surface area contributed by atoms with Crippen LogP contribution in [0.4, 0.5) is 14.9 Å². The summed E-state index contributed by atoms with van der Waals surface area (Å²) in [7, 11) is 0. The van der Waals surface area contributed by atoms with E-state index in [9.17, 15) is 9.18 Å². The molecular weight excluding hydrogens is 419 g/mol. The molecule has 0 saturated carbocycles. The third-order valence-corrected chi connectivity index (χ3v) is 4.87. The van der Waals surface area contributed by atoms with Gasteiger partial charge in [-0.15, -0.1) is 10.2 Å². The summed E-state index contributed by atoms with van der Waals surface area (Å²) in [4.78, 5) is 12.6. The molecule has 0 radical (unpaired) electrons. The van der Waals surface area contributed by atoms with Gasteiger partial charge in [-0.2, -0.15) is 0 Å². The number of rotatable bonds is 5. The average molecular weight is 437 g/mol. The van der Waals surface area contributed by atoms with Gasteiger partial charge in [-0.1, -0.05) is 48.0 Å². The van der Waals surface area contributed by atoms with Gasteiger partial charge in [-0.3, -0.25) is 0 Å². The van der Waals surface area contributed by atoms with Crippen LogP contribution in [0.2, 0.25) is 5.02 Å². The van der Waals surface area contributed by atoms with Crippen LogP contribution in [0.15, 0.2) is 77.2 Å². The van der Waals surface area contributed by atoms with E-state index in [0.29, 0.717) is 27.7 Å². The molecule has 1 aromatic heterocycles. The molecule has 0 fully saturated rings. The summed E-state index contributed by atoms with van der Waals surface area (Å²) < 4.78 is 19.7. The first-order chi connectivity index (χ1) is 15.0. The highest BCUT2D eigenvalue weighted by atomic mass is 35.5. The highest BCUT2D eigenvalue weighted by Gasteiger charge is 2.24. The minimum atomic E-state index is -0.738. The van der Waals surface area contributed by atoms with E-state index in [1.54, 1.807) is 43.3 Å². The molecule has 8 heteroatoms. The smallest absolute Gasteiger partial charge is 0.320 e. The zero-order valence-corrected chi connectivity index (χ0v) is 17.2. The summed E-state index contributed by atoms with van der Waals surface area (Å²) in [6.45, 7) is 1.65. The monoisotopic (exact) mass is 436 g/mol. The van der Waals surface area contributed by atoms with Gasteiger partial charge < -0.3 is 15.1 Å². The number of halogens is 2. The quantitative estimate of drug-likeness (QED) is 0.417. The molecule has 0 spiro atoms. The number of anilines is 1. The summed E-state index contributed by atoms with van der Waals surface area (Å²) in [5.41, 5.74) is 2.27. The summed E-state index contributed by atoms with van der Waals surface area (Å²) in [6, 6.07) is 19.4. The predicted octanol–water partition coefficient (Wildman–Crippen LogP) is 5.75. The third-order valence-electron chi connectivity index (χ3n) is 4.62. The summed E-state index contributed by atoms with van der Waals surface area (Å²) in [5.74, 6) is 0.125. The molecule has 1 atom stereocenters. The van der Waals surface area contributed by atoms with Crippen molar-refractivity contribution >= 4 is 23.3 Å². The fourth-order valence-corrected chi connectivity index (χ4v) is 3.09. The van der Waals surface area contributed by atoms with Crippen LogP contribution in [0.3, 0.4) is 0 Å². The lowest BCUT2D eigenvalue weighted by molar-refractivity contribution is 0.248. The van der Waals surface area contributed by atoms with E-state index in [-0.39, 0.29) is 5.89 Å². The van der Waals surface area contributed by atoms with Crippen molar-refractivity contribution in [1.29, 1.82) is 0 Å². The molecule has 156 valence electrons. The lowest BCUT2D eigenvalue weighted by Crippen LogP contribution is -2.33. The first kappa shape index (κ1) is 20.6. The van der Waals surface area contributed by atoms with E-state index in [2.05, 4.69) is 20.8 Å². The van der Waals surface area contributed by atoms with Crippen molar-refractivity contribution in [2.24, 2.45) is 0 Å². The number of urea groups is 1. The molecule has 0 bridgehead atoms. The summed E-state index contributed by atoms with van der Waals surface area (Å²) in [6.07, 6.45) is 0. The number of nitrogens with one attached hydrogen (secondary N) is 2. The molecule has 0 aliphatic heterocycles. The second-order valence-corrected chi connectivity index (χ2v) is 7.29. The average Bonchev–Trinajstić information content (AvgIpc) is 3.26. The minimum Gasteiger partial charge on any atom is -0.418 e. The highest BCUT2D eigenvalue weighted by Crippen LogP contribution is 2.26. The Morgan fingerprint density at radius 1 is 1.03 bits per heavy atom. The summed E-state index contributed by atoms with van der Waals surface area (Å²) in [5, 5.41) is 14.2. The minimum absolute atomic E-state index is 0.200. The van der Waals surface area contributed by atoms with Gasteiger partial charge in [0, 0.05) is 16.3 Å². The number of carbonyl (C=O) groups is 1. The molecule has 4 rings (SSSR count). The van der Waals surface area contributed by atoms with E-state index in [4.69, 9.17) is 16.0 Å². The molecule has 1 heterocycles. The van der Waals surface area contributed by atoms with Gasteiger partial charge in [0.15, 0.2) is 0 Å². The Kier molecular flexibility index (Phi) is 5.95. The van der Waals surface area contributed by atoms with Gasteiger partial charge in [0.05, 0.1) is 0 Å². The Balaban J connectivity index is 1.60. The van der Waals surface area contributed by atoms with Crippen molar-refractivity contribution in [3.63, 3.8) is 0 Å². The number of hydrogen-bond acceptors (Lipinski definition) is 4. The maximum atomic E-state index is 13.8. The van der Waals surface area contributed by atoms with Gasteiger partial charge in [-0.05, 0) is 54.4 Å². The molecule has 2 N–H and O–H groups in total. The standard InChI is InChI=1S/C23H18ClFN4O2/c1-14-7-12-18(13-19(14)25)26-23(30)27-20(15-8-10-17(24)11-9-15)22-29-28-21(31-22)16-5-3-2-4-6-16/h2-13,20H,1H3,(H2,26,27,30)/t20-/m0/s1. The van der Waals surface area contributed by atoms with Gasteiger partial charge in [0.2, 0.25) is 11.8 Å². The van der Waals surface area contributed by atoms with E-state index in [0.717, 1.165) is 5.56 Å². The van der Waals surface area contributed by atoms with Crippen molar-refractivity contribution in [2.75, 3.05) is 5.32 Å². The molecule has 0 saturated heterocycles.